The van der Waals surface area contributed by atoms with Crippen molar-refractivity contribution in [2.45, 2.75) is 25.8 Å². The third-order valence-corrected chi connectivity index (χ3v) is 3.29. The third kappa shape index (κ3) is 3.78. The smallest absolute Gasteiger partial charge is 0.316 e. The number of aromatic nitrogens is 4. The average Bonchev–Trinajstić information content (AvgIpc) is 3.04. The average molecular weight is 282 g/mol. The number of nitrogens with zero attached hydrogens (tertiary/aromatic N) is 4. The molecule has 2 aromatic heterocycles. The van der Waals surface area contributed by atoms with Crippen molar-refractivity contribution in [3.05, 3.63) is 48.9 Å². The number of hydrogen-bond donors (Lipinski definition) is 0. The molecule has 0 fully saturated rings. The highest BCUT2D eigenvalue weighted by molar-refractivity contribution is 5.77. The fourth-order valence-corrected chi connectivity index (χ4v) is 2.17. The van der Waals surface area contributed by atoms with Gasteiger partial charge in [0.05, 0.1) is 12.1 Å². The van der Waals surface area contributed by atoms with Crippen LogP contribution in [0.15, 0.2) is 48.9 Å². The van der Waals surface area contributed by atoms with E-state index in [0.717, 1.165) is 36.7 Å². The first kappa shape index (κ1) is 13.5. The Morgan fingerprint density at radius 3 is 2.90 bits per heavy atom. The summed E-state index contributed by atoms with van der Waals surface area (Å²) in [6.07, 6.45) is 8.80. The molecule has 0 saturated heterocycles. The van der Waals surface area contributed by atoms with Crippen LogP contribution in [0.1, 0.15) is 19.3 Å². The van der Waals surface area contributed by atoms with Gasteiger partial charge >= 0.3 is 6.01 Å². The minimum Gasteiger partial charge on any atom is -0.463 e. The molecule has 0 aliphatic rings. The standard InChI is InChI=1S/C16H18N4O/c1(4-10-20-11-6-9-18-20)5-12-21-16-17-13-14-7-2-3-8-15(14)19-16/h2-3,6-9,11,13H,1,4-5,10,12H2. The maximum Gasteiger partial charge on any atom is 0.316 e. The number of para-hydroxylation sites is 1. The van der Waals surface area contributed by atoms with Crippen LogP contribution in [0, 0.1) is 0 Å². The van der Waals surface area contributed by atoms with Crippen molar-refractivity contribution in [3.8, 4) is 6.01 Å². The molecule has 0 aliphatic heterocycles. The molecule has 0 saturated carbocycles. The summed E-state index contributed by atoms with van der Waals surface area (Å²) in [5.74, 6) is 0. The van der Waals surface area contributed by atoms with E-state index in [2.05, 4.69) is 15.1 Å². The van der Waals surface area contributed by atoms with Crippen LogP contribution in [0.4, 0.5) is 0 Å². The topological polar surface area (TPSA) is 52.8 Å². The van der Waals surface area contributed by atoms with Gasteiger partial charge in [0.15, 0.2) is 0 Å². The van der Waals surface area contributed by atoms with E-state index in [9.17, 15) is 0 Å². The lowest BCUT2D eigenvalue weighted by Gasteiger charge is -2.05. The summed E-state index contributed by atoms with van der Waals surface area (Å²) in [5, 5.41) is 5.21. The molecule has 108 valence electrons. The van der Waals surface area contributed by atoms with Gasteiger partial charge in [-0.25, -0.2) is 4.98 Å². The lowest BCUT2D eigenvalue weighted by Crippen LogP contribution is -2.03. The van der Waals surface area contributed by atoms with E-state index in [1.165, 1.54) is 0 Å². The van der Waals surface area contributed by atoms with Gasteiger partial charge in [0.25, 0.3) is 0 Å². The van der Waals surface area contributed by atoms with Crippen molar-refractivity contribution in [2.24, 2.45) is 0 Å². The summed E-state index contributed by atoms with van der Waals surface area (Å²) in [5.41, 5.74) is 0.918. The molecule has 5 nitrogen and oxygen atoms in total. The molecular formula is C16H18N4O. The molecule has 0 amide bonds. The molecule has 1 aromatic carbocycles. The molecule has 2 heterocycles. The summed E-state index contributed by atoms with van der Waals surface area (Å²) >= 11 is 0. The molecular weight excluding hydrogens is 264 g/mol. The van der Waals surface area contributed by atoms with Crippen molar-refractivity contribution in [1.29, 1.82) is 0 Å². The zero-order valence-corrected chi connectivity index (χ0v) is 11.9. The van der Waals surface area contributed by atoms with Crippen LogP contribution in [0.25, 0.3) is 10.9 Å². The maximum absolute atomic E-state index is 5.61. The van der Waals surface area contributed by atoms with E-state index in [0.29, 0.717) is 12.6 Å². The number of hydrogen-bond acceptors (Lipinski definition) is 4. The molecule has 21 heavy (non-hydrogen) atoms. The zero-order chi connectivity index (χ0) is 14.3. The Kier molecular flexibility index (Phi) is 4.41. The lowest BCUT2D eigenvalue weighted by molar-refractivity contribution is 0.281. The SMILES string of the molecule is c1ccc2nc(OCCCCCn3cccn3)ncc2c1. The normalized spacial score (nSPS) is 10.9. The van der Waals surface area contributed by atoms with Crippen molar-refractivity contribution < 1.29 is 4.74 Å². The van der Waals surface area contributed by atoms with Gasteiger partial charge in [-0.05, 0) is 31.4 Å². The summed E-state index contributed by atoms with van der Waals surface area (Å²) in [6.45, 7) is 1.61. The van der Waals surface area contributed by atoms with E-state index >= 15 is 0 Å². The first-order valence-electron chi connectivity index (χ1n) is 7.24. The van der Waals surface area contributed by atoms with E-state index in [1.54, 1.807) is 12.4 Å². The van der Waals surface area contributed by atoms with Crippen molar-refractivity contribution in [1.82, 2.24) is 19.7 Å². The van der Waals surface area contributed by atoms with Crippen LogP contribution in [0.3, 0.4) is 0 Å². The molecule has 5 heteroatoms. The Bertz CT molecular complexity index is 682. The van der Waals surface area contributed by atoms with E-state index in [1.807, 2.05) is 41.2 Å². The molecule has 3 aromatic rings. The highest BCUT2D eigenvalue weighted by Gasteiger charge is 2.00. The highest BCUT2D eigenvalue weighted by atomic mass is 16.5. The van der Waals surface area contributed by atoms with Crippen LogP contribution in [0.5, 0.6) is 6.01 Å². The summed E-state index contributed by atoms with van der Waals surface area (Å²) < 4.78 is 7.56. The molecule has 0 unspecified atom stereocenters. The predicted molar refractivity (Wildman–Crippen MR) is 81.1 cm³/mol. The van der Waals surface area contributed by atoms with Gasteiger partial charge in [0.1, 0.15) is 0 Å². The van der Waals surface area contributed by atoms with E-state index in [4.69, 9.17) is 4.74 Å². The Hall–Kier alpha value is -2.43. The van der Waals surface area contributed by atoms with E-state index in [-0.39, 0.29) is 0 Å². The second-order valence-electron chi connectivity index (χ2n) is 4.89. The quantitative estimate of drug-likeness (QED) is 0.625. The Morgan fingerprint density at radius 1 is 1.05 bits per heavy atom. The second kappa shape index (κ2) is 6.83. The minimum absolute atomic E-state index is 0.459. The molecule has 3 rings (SSSR count). The van der Waals surface area contributed by atoms with Crippen molar-refractivity contribution in [3.63, 3.8) is 0 Å². The Balaban J connectivity index is 1.40. The fourth-order valence-electron chi connectivity index (χ4n) is 2.17. The zero-order valence-electron chi connectivity index (χ0n) is 11.9. The fraction of sp³-hybridized carbons (Fsp3) is 0.312. The van der Waals surface area contributed by atoms with Gasteiger partial charge in [-0.3, -0.25) is 4.68 Å². The van der Waals surface area contributed by atoms with E-state index < -0.39 is 0 Å². The number of unbranched alkanes of at least 4 members (excludes halogenated alkanes) is 2. The number of fused-ring (bicyclic) bond motifs is 1. The largest absolute Gasteiger partial charge is 0.463 e. The third-order valence-electron chi connectivity index (χ3n) is 3.29. The molecule has 0 radical (unpaired) electrons. The summed E-state index contributed by atoms with van der Waals surface area (Å²) in [4.78, 5) is 8.60. The second-order valence-corrected chi connectivity index (χ2v) is 4.89. The first-order valence-corrected chi connectivity index (χ1v) is 7.24. The predicted octanol–water partition coefficient (Wildman–Crippen LogP) is 3.08. The number of aryl methyl sites for hydroxylation is 1. The molecule has 0 N–H and O–H groups in total. The highest BCUT2D eigenvalue weighted by Crippen LogP contribution is 2.13. The number of ether oxygens (including phenoxy) is 1. The van der Waals surface area contributed by atoms with Crippen LogP contribution < -0.4 is 4.74 Å². The van der Waals surface area contributed by atoms with Crippen molar-refractivity contribution in [2.75, 3.05) is 6.61 Å². The van der Waals surface area contributed by atoms with Crippen LogP contribution in [-0.2, 0) is 6.54 Å². The first-order chi connectivity index (χ1) is 10.4. The molecule has 0 bridgehead atoms. The minimum atomic E-state index is 0.459. The Morgan fingerprint density at radius 2 is 2.00 bits per heavy atom. The number of rotatable bonds is 7. The van der Waals surface area contributed by atoms with Gasteiger partial charge in [-0.1, -0.05) is 18.2 Å². The van der Waals surface area contributed by atoms with Crippen LogP contribution in [-0.4, -0.2) is 26.4 Å². The van der Waals surface area contributed by atoms with Gasteiger partial charge in [-0.2, -0.15) is 10.1 Å². The van der Waals surface area contributed by atoms with Crippen molar-refractivity contribution >= 4 is 10.9 Å². The molecule has 0 aliphatic carbocycles. The lowest BCUT2D eigenvalue weighted by atomic mass is 10.2. The van der Waals surface area contributed by atoms with Crippen LogP contribution >= 0.6 is 0 Å². The van der Waals surface area contributed by atoms with Gasteiger partial charge in [0, 0.05) is 30.5 Å². The Labute approximate surface area is 123 Å². The molecule has 0 atom stereocenters. The molecule has 0 spiro atoms. The van der Waals surface area contributed by atoms with Gasteiger partial charge < -0.3 is 4.74 Å². The van der Waals surface area contributed by atoms with Gasteiger partial charge in [0.2, 0.25) is 0 Å². The summed E-state index contributed by atoms with van der Waals surface area (Å²) in [7, 11) is 0. The van der Waals surface area contributed by atoms with Crippen LogP contribution in [0.2, 0.25) is 0 Å². The summed E-state index contributed by atoms with van der Waals surface area (Å²) in [6, 6.07) is 10.3. The monoisotopic (exact) mass is 282 g/mol. The maximum atomic E-state index is 5.61. The van der Waals surface area contributed by atoms with Gasteiger partial charge in [-0.15, -0.1) is 0 Å². The number of benzene rings is 1.